The molecule has 0 unspecified atom stereocenters. The van der Waals surface area contributed by atoms with Crippen molar-refractivity contribution in [1.82, 2.24) is 9.97 Å². The second kappa shape index (κ2) is 3.15. The molecule has 0 aliphatic rings. The summed E-state index contributed by atoms with van der Waals surface area (Å²) in [7, 11) is 0. The van der Waals surface area contributed by atoms with E-state index in [1.807, 2.05) is 0 Å². The summed E-state index contributed by atoms with van der Waals surface area (Å²) >= 11 is 11.6. The Labute approximate surface area is 87.5 Å². The minimum atomic E-state index is -0.748. The molecule has 1 aromatic carbocycles. The van der Waals surface area contributed by atoms with Gasteiger partial charge in [-0.15, -0.1) is 0 Å². The van der Waals surface area contributed by atoms with E-state index in [1.54, 1.807) is 12.1 Å². The summed E-state index contributed by atoms with van der Waals surface area (Å²) in [6.45, 7) is 0. The Morgan fingerprint density at radius 1 is 0.857 bits per heavy atom. The molecule has 0 radical (unpaired) electrons. The molecule has 6 heteroatoms. The van der Waals surface area contributed by atoms with Crippen LogP contribution in [-0.2, 0) is 0 Å². The van der Waals surface area contributed by atoms with E-state index < -0.39 is 11.1 Å². The van der Waals surface area contributed by atoms with Gasteiger partial charge in [-0.2, -0.15) is 0 Å². The lowest BCUT2D eigenvalue weighted by Crippen LogP contribution is -2.29. The van der Waals surface area contributed by atoms with Crippen LogP contribution in [0.5, 0.6) is 0 Å². The number of fused-ring (bicyclic) bond motifs is 1. The predicted molar refractivity (Wildman–Crippen MR) is 55.2 cm³/mol. The molecule has 14 heavy (non-hydrogen) atoms. The number of benzene rings is 1. The lowest BCUT2D eigenvalue weighted by atomic mass is 10.3. The van der Waals surface area contributed by atoms with Gasteiger partial charge in [-0.25, -0.2) is 0 Å². The Morgan fingerprint density at radius 3 is 1.57 bits per heavy atom. The van der Waals surface area contributed by atoms with Gasteiger partial charge in [0.05, 0.1) is 21.1 Å². The van der Waals surface area contributed by atoms with Crippen LogP contribution in [-0.4, -0.2) is 9.97 Å². The number of rotatable bonds is 0. The standard InChI is InChI=1S/C8H4Cl2N2O2/c9-3-1-2-4(10)6-5(3)11-7(13)8(14)12-6/h1-2H,(H,11,13)(H,12,14). The third-order valence-electron chi connectivity index (χ3n) is 1.79. The van der Waals surface area contributed by atoms with Gasteiger partial charge in [-0.1, -0.05) is 23.2 Å². The molecule has 2 N–H and O–H groups in total. The molecule has 0 fully saturated rings. The number of nitrogens with one attached hydrogen (secondary N) is 2. The minimum absolute atomic E-state index is 0.331. The van der Waals surface area contributed by atoms with Crippen molar-refractivity contribution < 1.29 is 0 Å². The van der Waals surface area contributed by atoms with E-state index in [4.69, 9.17) is 23.2 Å². The zero-order chi connectivity index (χ0) is 10.3. The fraction of sp³-hybridized carbons (Fsp3) is 0. The predicted octanol–water partition coefficient (Wildman–Crippen LogP) is 1.52. The van der Waals surface area contributed by atoms with Crippen molar-refractivity contribution in [1.29, 1.82) is 0 Å². The van der Waals surface area contributed by atoms with E-state index in [2.05, 4.69) is 9.97 Å². The van der Waals surface area contributed by atoms with E-state index in [9.17, 15) is 9.59 Å². The van der Waals surface area contributed by atoms with Crippen LogP contribution in [0, 0.1) is 0 Å². The number of hydrogen-bond donors (Lipinski definition) is 2. The van der Waals surface area contributed by atoms with Gasteiger partial charge in [0.1, 0.15) is 0 Å². The highest BCUT2D eigenvalue weighted by Gasteiger charge is 2.06. The second-order valence-corrected chi connectivity index (χ2v) is 3.50. The third kappa shape index (κ3) is 1.32. The monoisotopic (exact) mass is 230 g/mol. The average molecular weight is 231 g/mol. The summed E-state index contributed by atoms with van der Waals surface area (Å²) in [5.41, 5.74) is -0.823. The topological polar surface area (TPSA) is 65.7 Å². The molecule has 0 atom stereocenters. The molecule has 0 aliphatic carbocycles. The maximum atomic E-state index is 11.0. The Kier molecular flexibility index (Phi) is 2.09. The van der Waals surface area contributed by atoms with Crippen molar-refractivity contribution in [2.45, 2.75) is 0 Å². The van der Waals surface area contributed by atoms with Crippen molar-refractivity contribution in [3.8, 4) is 0 Å². The molecule has 72 valence electrons. The Bertz CT molecular complexity index is 560. The van der Waals surface area contributed by atoms with E-state index in [0.29, 0.717) is 21.1 Å². The van der Waals surface area contributed by atoms with Crippen molar-refractivity contribution in [2.24, 2.45) is 0 Å². The van der Waals surface area contributed by atoms with Crippen LogP contribution in [0.15, 0.2) is 21.7 Å². The highest BCUT2D eigenvalue weighted by Crippen LogP contribution is 2.24. The number of H-pyrrole nitrogens is 2. The second-order valence-electron chi connectivity index (χ2n) is 2.69. The Balaban J connectivity index is 3.09. The lowest BCUT2D eigenvalue weighted by molar-refractivity contribution is 1.15. The van der Waals surface area contributed by atoms with Crippen LogP contribution in [0.4, 0.5) is 0 Å². The third-order valence-corrected chi connectivity index (χ3v) is 2.42. The number of aromatic amines is 2. The van der Waals surface area contributed by atoms with E-state index >= 15 is 0 Å². The van der Waals surface area contributed by atoms with Crippen molar-refractivity contribution in [3.63, 3.8) is 0 Å². The zero-order valence-corrected chi connectivity index (χ0v) is 8.24. The molecule has 0 bridgehead atoms. The summed E-state index contributed by atoms with van der Waals surface area (Å²) in [6, 6.07) is 3.08. The highest BCUT2D eigenvalue weighted by atomic mass is 35.5. The number of hydrogen-bond acceptors (Lipinski definition) is 2. The molecule has 1 heterocycles. The first kappa shape index (κ1) is 9.30. The number of aromatic nitrogens is 2. The first-order chi connectivity index (χ1) is 6.59. The maximum absolute atomic E-state index is 11.0. The zero-order valence-electron chi connectivity index (χ0n) is 6.73. The van der Waals surface area contributed by atoms with Crippen LogP contribution >= 0.6 is 23.2 Å². The van der Waals surface area contributed by atoms with Gasteiger partial charge >= 0.3 is 11.1 Å². The normalized spacial score (nSPS) is 10.7. The largest absolute Gasteiger partial charge is 0.315 e. The van der Waals surface area contributed by atoms with E-state index in [0.717, 1.165) is 0 Å². The average Bonchev–Trinajstić information content (AvgIpc) is 2.15. The number of halogens is 2. The van der Waals surface area contributed by atoms with Crippen LogP contribution in [0.3, 0.4) is 0 Å². The SMILES string of the molecule is O=c1[nH]c2c(Cl)ccc(Cl)c2[nH]c1=O. The van der Waals surface area contributed by atoms with Gasteiger partial charge in [-0.05, 0) is 12.1 Å². The highest BCUT2D eigenvalue weighted by molar-refractivity contribution is 6.39. The van der Waals surface area contributed by atoms with Gasteiger partial charge in [-0.3, -0.25) is 9.59 Å². The quantitative estimate of drug-likeness (QED) is 0.675. The van der Waals surface area contributed by atoms with Gasteiger partial charge < -0.3 is 9.97 Å². The van der Waals surface area contributed by atoms with Crippen LogP contribution < -0.4 is 11.1 Å². The van der Waals surface area contributed by atoms with Crippen molar-refractivity contribution >= 4 is 34.2 Å². The molecule has 0 amide bonds. The summed E-state index contributed by atoms with van der Waals surface area (Å²) < 4.78 is 0. The Morgan fingerprint density at radius 2 is 1.21 bits per heavy atom. The molecule has 0 saturated heterocycles. The molecular formula is C8H4Cl2N2O2. The van der Waals surface area contributed by atoms with E-state index in [1.165, 1.54) is 0 Å². The lowest BCUT2D eigenvalue weighted by Gasteiger charge is -2.00. The molecule has 4 nitrogen and oxygen atoms in total. The van der Waals surface area contributed by atoms with Crippen molar-refractivity contribution in [3.05, 3.63) is 42.9 Å². The molecule has 0 saturated carbocycles. The van der Waals surface area contributed by atoms with Crippen LogP contribution in [0.1, 0.15) is 0 Å². The molecule has 2 aromatic rings. The fourth-order valence-corrected chi connectivity index (χ4v) is 1.55. The summed E-state index contributed by atoms with van der Waals surface area (Å²) in [6.07, 6.45) is 0. The van der Waals surface area contributed by atoms with E-state index in [-0.39, 0.29) is 0 Å². The first-order valence-electron chi connectivity index (χ1n) is 3.70. The molecule has 0 aliphatic heterocycles. The van der Waals surface area contributed by atoms with Gasteiger partial charge in [0, 0.05) is 0 Å². The summed E-state index contributed by atoms with van der Waals surface area (Å²) in [4.78, 5) is 26.7. The van der Waals surface area contributed by atoms with Crippen LogP contribution in [0.2, 0.25) is 10.0 Å². The molecule has 0 spiro atoms. The summed E-state index contributed by atoms with van der Waals surface area (Å²) in [5.74, 6) is 0. The fourth-order valence-electron chi connectivity index (χ4n) is 1.14. The molecule has 1 aromatic heterocycles. The van der Waals surface area contributed by atoms with Gasteiger partial charge in [0.15, 0.2) is 0 Å². The first-order valence-corrected chi connectivity index (χ1v) is 4.45. The van der Waals surface area contributed by atoms with Gasteiger partial charge in [0.2, 0.25) is 0 Å². The smallest absolute Gasteiger partial charge is 0.314 e. The minimum Gasteiger partial charge on any atom is -0.315 e. The van der Waals surface area contributed by atoms with Gasteiger partial charge in [0.25, 0.3) is 0 Å². The molecular weight excluding hydrogens is 227 g/mol. The Hall–Kier alpha value is -1.26. The summed E-state index contributed by atoms with van der Waals surface area (Å²) in [5, 5.41) is 0.663. The maximum Gasteiger partial charge on any atom is 0.314 e. The van der Waals surface area contributed by atoms with Crippen LogP contribution in [0.25, 0.3) is 11.0 Å². The molecule has 2 rings (SSSR count). The van der Waals surface area contributed by atoms with Crippen molar-refractivity contribution in [2.75, 3.05) is 0 Å².